The summed E-state index contributed by atoms with van der Waals surface area (Å²) in [6, 6.07) is 8.12. The van der Waals surface area contributed by atoms with Crippen molar-refractivity contribution in [1.82, 2.24) is 14.7 Å². The summed E-state index contributed by atoms with van der Waals surface area (Å²) < 4.78 is 5.78. The Morgan fingerprint density at radius 3 is 2.71 bits per heavy atom. The van der Waals surface area contributed by atoms with Gasteiger partial charge in [0.2, 0.25) is 5.91 Å². The molecule has 0 aliphatic carbocycles. The molecule has 1 aromatic rings. The summed E-state index contributed by atoms with van der Waals surface area (Å²) in [7, 11) is 0. The molecule has 1 fully saturated rings. The third-order valence-corrected chi connectivity index (χ3v) is 5.32. The number of carbonyl (C=O) groups is 1. The Kier molecular flexibility index (Phi) is 6.40. The molecule has 2 aliphatic rings. The van der Waals surface area contributed by atoms with Gasteiger partial charge in [-0.3, -0.25) is 14.6 Å². The highest BCUT2D eigenvalue weighted by Gasteiger charge is 2.23. The van der Waals surface area contributed by atoms with E-state index in [1.807, 2.05) is 34.9 Å². The van der Waals surface area contributed by atoms with Crippen LogP contribution in [0.4, 0.5) is 0 Å². The molecular formula is C18H27N3O2S. The van der Waals surface area contributed by atoms with E-state index in [0.717, 1.165) is 51.6 Å². The van der Waals surface area contributed by atoms with Gasteiger partial charge in [-0.15, -0.1) is 0 Å². The molecule has 2 heterocycles. The van der Waals surface area contributed by atoms with Crippen molar-refractivity contribution in [2.45, 2.75) is 6.54 Å². The lowest BCUT2D eigenvalue weighted by Gasteiger charge is -2.35. The number of para-hydroxylation sites is 1. The van der Waals surface area contributed by atoms with Crippen LogP contribution in [0.2, 0.25) is 0 Å². The molecule has 0 aromatic heterocycles. The van der Waals surface area contributed by atoms with Gasteiger partial charge in [0.25, 0.3) is 0 Å². The predicted molar refractivity (Wildman–Crippen MR) is 98.6 cm³/mol. The fourth-order valence-electron chi connectivity index (χ4n) is 3.25. The van der Waals surface area contributed by atoms with Crippen molar-refractivity contribution >= 4 is 17.7 Å². The van der Waals surface area contributed by atoms with Gasteiger partial charge in [0.15, 0.2) is 0 Å². The maximum atomic E-state index is 12.6. The minimum atomic E-state index is 0.249. The molecule has 2 aliphatic heterocycles. The maximum absolute atomic E-state index is 12.6. The van der Waals surface area contributed by atoms with Crippen molar-refractivity contribution in [1.29, 1.82) is 0 Å². The molecule has 24 heavy (non-hydrogen) atoms. The number of nitrogens with zero attached hydrogens (tertiary/aromatic N) is 3. The van der Waals surface area contributed by atoms with E-state index in [1.54, 1.807) is 0 Å². The minimum Gasteiger partial charge on any atom is -0.492 e. The second-order valence-electron chi connectivity index (χ2n) is 6.38. The van der Waals surface area contributed by atoms with Crippen LogP contribution in [0.15, 0.2) is 24.3 Å². The number of rotatable bonds is 5. The molecule has 0 saturated carbocycles. The Morgan fingerprint density at radius 2 is 1.92 bits per heavy atom. The highest BCUT2D eigenvalue weighted by molar-refractivity contribution is 7.98. The largest absolute Gasteiger partial charge is 0.492 e. The number of thioether (sulfide) groups is 1. The van der Waals surface area contributed by atoms with Crippen LogP contribution in [-0.2, 0) is 11.3 Å². The van der Waals surface area contributed by atoms with Crippen molar-refractivity contribution in [3.63, 3.8) is 0 Å². The number of hydrogen-bond acceptors (Lipinski definition) is 5. The molecule has 1 saturated heterocycles. The van der Waals surface area contributed by atoms with E-state index in [9.17, 15) is 4.79 Å². The quantitative estimate of drug-likeness (QED) is 0.803. The lowest BCUT2D eigenvalue weighted by Crippen LogP contribution is -2.51. The number of piperazine rings is 1. The van der Waals surface area contributed by atoms with Gasteiger partial charge in [-0.1, -0.05) is 18.2 Å². The van der Waals surface area contributed by atoms with E-state index in [1.165, 1.54) is 11.3 Å². The number of hydrogen-bond donors (Lipinski definition) is 0. The lowest BCUT2D eigenvalue weighted by molar-refractivity contribution is -0.134. The van der Waals surface area contributed by atoms with E-state index in [0.29, 0.717) is 13.2 Å². The highest BCUT2D eigenvalue weighted by atomic mass is 32.2. The fourth-order valence-corrected chi connectivity index (χ4v) is 3.69. The molecule has 132 valence electrons. The molecular weight excluding hydrogens is 322 g/mol. The molecule has 0 unspecified atom stereocenters. The first-order valence-corrected chi connectivity index (χ1v) is 10.1. The molecule has 1 aromatic carbocycles. The summed E-state index contributed by atoms with van der Waals surface area (Å²) in [5.74, 6) is 2.37. The van der Waals surface area contributed by atoms with Crippen LogP contribution < -0.4 is 4.74 Å². The molecule has 3 rings (SSSR count). The zero-order valence-corrected chi connectivity index (χ0v) is 15.3. The van der Waals surface area contributed by atoms with E-state index in [-0.39, 0.29) is 5.91 Å². The van der Waals surface area contributed by atoms with Gasteiger partial charge in [-0.05, 0) is 12.3 Å². The first-order chi connectivity index (χ1) is 11.8. The number of fused-ring (bicyclic) bond motifs is 1. The smallest absolute Gasteiger partial charge is 0.236 e. The molecule has 0 atom stereocenters. The first kappa shape index (κ1) is 17.6. The summed E-state index contributed by atoms with van der Waals surface area (Å²) in [6.45, 7) is 7.56. The molecule has 5 nitrogen and oxygen atoms in total. The summed E-state index contributed by atoms with van der Waals surface area (Å²) >= 11 is 1.88. The summed E-state index contributed by atoms with van der Waals surface area (Å²) in [6.07, 6.45) is 2.14. The van der Waals surface area contributed by atoms with Crippen molar-refractivity contribution in [2.75, 3.05) is 64.4 Å². The van der Waals surface area contributed by atoms with E-state index >= 15 is 0 Å². The molecule has 0 N–H and O–H groups in total. The predicted octanol–water partition coefficient (Wildman–Crippen LogP) is 1.39. The second kappa shape index (κ2) is 8.74. The van der Waals surface area contributed by atoms with E-state index in [2.05, 4.69) is 22.1 Å². The van der Waals surface area contributed by atoms with Gasteiger partial charge in [-0.25, -0.2) is 0 Å². The topological polar surface area (TPSA) is 36.0 Å². The van der Waals surface area contributed by atoms with Crippen LogP contribution in [-0.4, -0.2) is 85.0 Å². The van der Waals surface area contributed by atoms with Crippen LogP contribution in [0.3, 0.4) is 0 Å². The van der Waals surface area contributed by atoms with Gasteiger partial charge in [0, 0.05) is 57.1 Å². The average molecular weight is 350 g/mol. The second-order valence-corrected chi connectivity index (χ2v) is 7.37. The summed E-state index contributed by atoms with van der Waals surface area (Å²) in [5.41, 5.74) is 1.17. The SMILES string of the molecule is CSCCN1CCN(C(=O)CN2CCOc3ccccc3C2)CC1. The van der Waals surface area contributed by atoms with Gasteiger partial charge >= 0.3 is 0 Å². The zero-order valence-electron chi connectivity index (χ0n) is 14.4. The number of amides is 1. The Labute approximate surface area is 148 Å². The maximum Gasteiger partial charge on any atom is 0.236 e. The minimum absolute atomic E-state index is 0.249. The third kappa shape index (κ3) is 4.65. The van der Waals surface area contributed by atoms with Crippen molar-refractivity contribution in [3.05, 3.63) is 29.8 Å². The number of carbonyl (C=O) groups excluding carboxylic acids is 1. The molecule has 0 spiro atoms. The highest BCUT2D eigenvalue weighted by Crippen LogP contribution is 2.22. The van der Waals surface area contributed by atoms with Crippen LogP contribution in [0.5, 0.6) is 5.75 Å². The van der Waals surface area contributed by atoms with Gasteiger partial charge < -0.3 is 9.64 Å². The fraction of sp³-hybridized carbons (Fsp3) is 0.611. The van der Waals surface area contributed by atoms with Gasteiger partial charge in [0.05, 0.1) is 6.54 Å². The third-order valence-electron chi connectivity index (χ3n) is 4.73. The molecule has 0 bridgehead atoms. The van der Waals surface area contributed by atoms with Gasteiger partial charge in [-0.2, -0.15) is 11.8 Å². The number of ether oxygens (including phenoxy) is 1. The van der Waals surface area contributed by atoms with Crippen molar-refractivity contribution < 1.29 is 9.53 Å². The Balaban J connectivity index is 1.49. The zero-order chi connectivity index (χ0) is 16.8. The molecule has 1 amide bonds. The van der Waals surface area contributed by atoms with E-state index in [4.69, 9.17) is 4.74 Å². The van der Waals surface area contributed by atoms with Gasteiger partial charge in [0.1, 0.15) is 12.4 Å². The monoisotopic (exact) mass is 349 g/mol. The Hall–Kier alpha value is -1.24. The Bertz CT molecular complexity index is 547. The van der Waals surface area contributed by atoms with Crippen molar-refractivity contribution in [3.8, 4) is 5.75 Å². The van der Waals surface area contributed by atoms with Crippen LogP contribution in [0.25, 0.3) is 0 Å². The molecule has 0 radical (unpaired) electrons. The first-order valence-electron chi connectivity index (χ1n) is 8.68. The normalized spacial score (nSPS) is 19.5. The summed E-state index contributed by atoms with van der Waals surface area (Å²) in [5, 5.41) is 0. The van der Waals surface area contributed by atoms with Crippen LogP contribution in [0.1, 0.15) is 5.56 Å². The average Bonchev–Trinajstić information content (AvgIpc) is 2.82. The Morgan fingerprint density at radius 1 is 1.12 bits per heavy atom. The van der Waals surface area contributed by atoms with E-state index < -0.39 is 0 Å². The number of benzene rings is 1. The van der Waals surface area contributed by atoms with Crippen molar-refractivity contribution in [2.24, 2.45) is 0 Å². The lowest BCUT2D eigenvalue weighted by atomic mass is 10.2. The standard InChI is InChI=1S/C18H27N3O2S/c1-24-13-11-19-6-8-21(9-7-19)18(22)15-20-10-12-23-17-5-3-2-4-16(17)14-20/h2-5H,6-15H2,1H3. The molecule has 6 heteroatoms. The van der Waals surface area contributed by atoms with Crippen LogP contribution in [0, 0.1) is 0 Å². The summed E-state index contributed by atoms with van der Waals surface area (Å²) in [4.78, 5) is 19.3. The van der Waals surface area contributed by atoms with Crippen LogP contribution >= 0.6 is 11.8 Å².